The molecule has 0 spiro atoms. The summed E-state index contributed by atoms with van der Waals surface area (Å²) in [6, 6.07) is 3.90. The lowest BCUT2D eigenvalue weighted by atomic mass is 10.1. The molecule has 1 nitrogen and oxygen atoms in total. The minimum atomic E-state index is -0.832. The van der Waals surface area contributed by atoms with Gasteiger partial charge in [0, 0.05) is 6.54 Å². The number of halogens is 3. The zero-order valence-corrected chi connectivity index (χ0v) is 13.1. The molecular weight excluding hydrogens is 280 g/mol. The van der Waals surface area contributed by atoms with Crippen molar-refractivity contribution >= 4 is 11.6 Å². The Morgan fingerprint density at radius 2 is 1.65 bits per heavy atom. The van der Waals surface area contributed by atoms with Gasteiger partial charge in [-0.3, -0.25) is 0 Å². The van der Waals surface area contributed by atoms with E-state index in [0.717, 1.165) is 44.8 Å². The van der Waals surface area contributed by atoms with Crippen LogP contribution in [0.2, 0.25) is 0 Å². The van der Waals surface area contributed by atoms with Gasteiger partial charge in [-0.25, -0.2) is 8.78 Å². The van der Waals surface area contributed by atoms with Gasteiger partial charge in [0.15, 0.2) is 11.6 Å². The molecule has 1 aromatic rings. The Hall–Kier alpha value is -0.670. The molecule has 0 radical (unpaired) electrons. The molecule has 0 aromatic heterocycles. The summed E-state index contributed by atoms with van der Waals surface area (Å²) >= 11 is 6.35. The summed E-state index contributed by atoms with van der Waals surface area (Å²) in [6.45, 7) is 7.00. The lowest BCUT2D eigenvalue weighted by Crippen LogP contribution is -2.29. The van der Waals surface area contributed by atoms with Gasteiger partial charge in [-0.1, -0.05) is 32.8 Å². The third-order valence-corrected chi connectivity index (χ3v) is 3.77. The van der Waals surface area contributed by atoms with E-state index in [0.29, 0.717) is 12.1 Å². The summed E-state index contributed by atoms with van der Waals surface area (Å²) in [5.74, 6) is -1.66. The molecule has 0 amide bonds. The number of hydrogen-bond acceptors (Lipinski definition) is 1. The first-order valence-electron chi connectivity index (χ1n) is 7.39. The topological polar surface area (TPSA) is 3.24 Å². The Labute approximate surface area is 125 Å². The van der Waals surface area contributed by atoms with Crippen molar-refractivity contribution in [2.75, 3.05) is 19.6 Å². The van der Waals surface area contributed by atoms with E-state index in [-0.39, 0.29) is 5.38 Å². The predicted molar refractivity (Wildman–Crippen MR) is 81.2 cm³/mol. The first-order valence-corrected chi connectivity index (χ1v) is 7.83. The van der Waals surface area contributed by atoms with E-state index in [1.54, 1.807) is 6.07 Å². The monoisotopic (exact) mass is 303 g/mol. The van der Waals surface area contributed by atoms with Gasteiger partial charge in [-0.15, -0.1) is 11.6 Å². The van der Waals surface area contributed by atoms with Crippen molar-refractivity contribution in [2.24, 2.45) is 0 Å². The lowest BCUT2D eigenvalue weighted by Gasteiger charge is -2.24. The smallest absolute Gasteiger partial charge is 0.159 e. The third kappa shape index (κ3) is 5.76. The van der Waals surface area contributed by atoms with E-state index in [1.165, 1.54) is 6.07 Å². The summed E-state index contributed by atoms with van der Waals surface area (Å²) < 4.78 is 26.2. The third-order valence-electron chi connectivity index (χ3n) is 3.38. The zero-order valence-electron chi connectivity index (χ0n) is 12.3. The summed E-state index contributed by atoms with van der Waals surface area (Å²) in [6.07, 6.45) is 4.54. The largest absolute Gasteiger partial charge is 0.302 e. The Morgan fingerprint density at radius 3 is 2.15 bits per heavy atom. The molecule has 1 atom stereocenters. The van der Waals surface area contributed by atoms with Crippen LogP contribution >= 0.6 is 11.6 Å². The van der Waals surface area contributed by atoms with Crippen molar-refractivity contribution in [2.45, 2.75) is 44.9 Å². The van der Waals surface area contributed by atoms with Crippen LogP contribution in [-0.4, -0.2) is 24.5 Å². The van der Waals surface area contributed by atoms with Crippen LogP contribution < -0.4 is 0 Å². The maximum Gasteiger partial charge on any atom is 0.159 e. The fourth-order valence-corrected chi connectivity index (χ4v) is 2.43. The van der Waals surface area contributed by atoms with Gasteiger partial charge in [0.25, 0.3) is 0 Å². The van der Waals surface area contributed by atoms with Crippen LogP contribution in [0.4, 0.5) is 8.78 Å². The van der Waals surface area contributed by atoms with E-state index in [4.69, 9.17) is 11.6 Å². The van der Waals surface area contributed by atoms with E-state index in [1.807, 2.05) is 0 Å². The number of nitrogens with zero attached hydrogens (tertiary/aromatic N) is 1. The van der Waals surface area contributed by atoms with E-state index in [2.05, 4.69) is 18.7 Å². The summed E-state index contributed by atoms with van der Waals surface area (Å²) in [5, 5.41) is -0.307. The van der Waals surface area contributed by atoms with Crippen LogP contribution in [0.3, 0.4) is 0 Å². The highest BCUT2D eigenvalue weighted by Gasteiger charge is 2.15. The Balaban J connectivity index is 2.62. The van der Waals surface area contributed by atoms with Crippen LogP contribution in [0, 0.1) is 11.6 Å². The van der Waals surface area contributed by atoms with Crippen molar-refractivity contribution in [3.05, 3.63) is 35.4 Å². The van der Waals surface area contributed by atoms with E-state index >= 15 is 0 Å². The molecule has 0 aliphatic carbocycles. The van der Waals surface area contributed by atoms with E-state index in [9.17, 15) is 8.78 Å². The van der Waals surface area contributed by atoms with Crippen LogP contribution in [0.5, 0.6) is 0 Å². The summed E-state index contributed by atoms with van der Waals surface area (Å²) in [4.78, 5) is 2.31. The average Bonchev–Trinajstić information content (AvgIpc) is 2.44. The van der Waals surface area contributed by atoms with E-state index < -0.39 is 11.6 Å². The molecule has 1 unspecified atom stereocenters. The SMILES string of the molecule is CCCCN(CCCC)CC(Cl)c1ccc(F)c(F)c1. The molecular formula is C16H24ClF2N. The van der Waals surface area contributed by atoms with Gasteiger partial charge in [0.2, 0.25) is 0 Å². The van der Waals surface area contributed by atoms with Crippen molar-refractivity contribution in [3.63, 3.8) is 0 Å². The number of benzene rings is 1. The summed E-state index contributed by atoms with van der Waals surface area (Å²) in [7, 11) is 0. The highest BCUT2D eigenvalue weighted by molar-refractivity contribution is 6.21. The second-order valence-corrected chi connectivity index (χ2v) is 5.68. The standard InChI is InChI=1S/C16H24ClF2N/c1-3-5-9-20(10-6-4-2)12-14(17)13-7-8-15(18)16(19)11-13/h7-8,11,14H,3-6,9-10,12H2,1-2H3. The van der Waals surface area contributed by atoms with Crippen LogP contribution in [0.1, 0.15) is 50.5 Å². The maximum atomic E-state index is 13.2. The molecule has 0 bridgehead atoms. The number of hydrogen-bond donors (Lipinski definition) is 0. The van der Waals surface area contributed by atoms with Crippen molar-refractivity contribution < 1.29 is 8.78 Å². The average molecular weight is 304 g/mol. The number of unbranched alkanes of at least 4 members (excludes halogenated alkanes) is 2. The molecule has 0 saturated carbocycles. The number of alkyl halides is 1. The van der Waals surface area contributed by atoms with Crippen LogP contribution in [0.15, 0.2) is 18.2 Å². The number of rotatable bonds is 9. The molecule has 0 saturated heterocycles. The van der Waals surface area contributed by atoms with Gasteiger partial charge < -0.3 is 4.90 Å². The highest BCUT2D eigenvalue weighted by atomic mass is 35.5. The molecule has 4 heteroatoms. The quantitative estimate of drug-likeness (QED) is 0.570. The minimum Gasteiger partial charge on any atom is -0.302 e. The van der Waals surface area contributed by atoms with Crippen molar-refractivity contribution in [1.29, 1.82) is 0 Å². The normalized spacial score (nSPS) is 12.9. The predicted octanol–water partition coefficient (Wildman–Crippen LogP) is 5.15. The van der Waals surface area contributed by atoms with Crippen molar-refractivity contribution in [1.82, 2.24) is 4.90 Å². The zero-order chi connectivity index (χ0) is 15.0. The lowest BCUT2D eigenvalue weighted by molar-refractivity contribution is 0.265. The van der Waals surface area contributed by atoms with Gasteiger partial charge in [-0.2, -0.15) is 0 Å². The molecule has 1 rings (SSSR count). The maximum absolute atomic E-state index is 13.2. The Kier molecular flexibility index (Phi) is 8.08. The highest BCUT2D eigenvalue weighted by Crippen LogP contribution is 2.23. The van der Waals surface area contributed by atoms with Crippen LogP contribution in [-0.2, 0) is 0 Å². The van der Waals surface area contributed by atoms with Gasteiger partial charge in [0.05, 0.1) is 5.38 Å². The fourth-order valence-electron chi connectivity index (χ4n) is 2.10. The molecule has 0 fully saturated rings. The molecule has 0 heterocycles. The second kappa shape index (κ2) is 9.30. The minimum absolute atomic E-state index is 0.307. The molecule has 114 valence electrons. The molecule has 1 aromatic carbocycles. The van der Waals surface area contributed by atoms with Gasteiger partial charge in [-0.05, 0) is 43.6 Å². The Morgan fingerprint density at radius 1 is 1.05 bits per heavy atom. The second-order valence-electron chi connectivity index (χ2n) is 5.15. The first-order chi connectivity index (χ1) is 9.58. The fraction of sp³-hybridized carbons (Fsp3) is 0.625. The molecule has 0 N–H and O–H groups in total. The molecule has 0 aliphatic heterocycles. The Bertz CT molecular complexity index is 390. The summed E-state index contributed by atoms with van der Waals surface area (Å²) in [5.41, 5.74) is 0.642. The first kappa shape index (κ1) is 17.4. The van der Waals surface area contributed by atoms with Crippen molar-refractivity contribution in [3.8, 4) is 0 Å². The van der Waals surface area contributed by atoms with Gasteiger partial charge in [0.1, 0.15) is 0 Å². The van der Waals surface area contributed by atoms with Crippen LogP contribution in [0.25, 0.3) is 0 Å². The molecule has 20 heavy (non-hydrogen) atoms. The molecule has 0 aliphatic rings. The van der Waals surface area contributed by atoms with Gasteiger partial charge >= 0.3 is 0 Å².